The summed E-state index contributed by atoms with van der Waals surface area (Å²) < 4.78 is 23.8. The molecule has 0 fully saturated rings. The van der Waals surface area contributed by atoms with Gasteiger partial charge in [0.1, 0.15) is 11.5 Å². The highest BCUT2D eigenvalue weighted by Crippen LogP contribution is 2.22. The molecule has 0 N–H and O–H groups in total. The molecular formula is C21H32O5Si3. The van der Waals surface area contributed by atoms with Gasteiger partial charge in [0.05, 0.1) is 7.11 Å². The molecule has 158 valence electrons. The number of ether oxygens (including phenoxy) is 2. The molecule has 29 heavy (non-hydrogen) atoms. The highest BCUT2D eigenvalue weighted by molar-refractivity contribution is 6.95. The molecule has 0 bridgehead atoms. The van der Waals surface area contributed by atoms with Crippen LogP contribution in [0.25, 0.3) is 0 Å². The zero-order chi connectivity index (χ0) is 21.9. The summed E-state index contributed by atoms with van der Waals surface area (Å²) in [7, 11) is -5.05. The Kier molecular flexibility index (Phi) is 7.28. The number of hydrogen-bond donors (Lipinski definition) is 0. The van der Waals surface area contributed by atoms with E-state index < -0.39 is 25.2 Å². The summed E-state index contributed by atoms with van der Waals surface area (Å²) in [5, 5.41) is 2.36. The largest absolute Gasteiger partial charge is 0.497 e. The summed E-state index contributed by atoms with van der Waals surface area (Å²) in [6.45, 7) is 14.4. The van der Waals surface area contributed by atoms with E-state index in [4.69, 9.17) is 17.7 Å². The summed E-state index contributed by atoms with van der Waals surface area (Å²) in [6, 6.07) is 15.7. The lowest BCUT2D eigenvalue weighted by Gasteiger charge is -2.39. The van der Waals surface area contributed by atoms with E-state index in [-0.39, 0.29) is 5.97 Å². The molecule has 0 saturated heterocycles. The SMILES string of the molecule is COc1ccc([Si](C)(C)O[Si](C)(C)O[Si](C)(C)c2ccc(OC(C)=O)cc2)cc1. The molecule has 0 atom stereocenters. The molecule has 0 unspecified atom stereocenters. The lowest BCUT2D eigenvalue weighted by Crippen LogP contribution is -2.59. The van der Waals surface area contributed by atoms with Crippen molar-refractivity contribution in [1.29, 1.82) is 0 Å². The Morgan fingerprint density at radius 1 is 0.690 bits per heavy atom. The van der Waals surface area contributed by atoms with Crippen LogP contribution in [-0.2, 0) is 13.0 Å². The summed E-state index contributed by atoms with van der Waals surface area (Å²) >= 11 is 0. The summed E-state index contributed by atoms with van der Waals surface area (Å²) in [5.41, 5.74) is 0. The third-order valence-corrected chi connectivity index (χ3v) is 16.1. The van der Waals surface area contributed by atoms with E-state index in [0.29, 0.717) is 5.75 Å². The fourth-order valence-electron chi connectivity index (χ4n) is 3.45. The molecule has 2 aromatic carbocycles. The van der Waals surface area contributed by atoms with Gasteiger partial charge in [0, 0.05) is 6.92 Å². The first kappa shape index (κ1) is 23.6. The molecule has 0 aliphatic carbocycles. The standard InChI is InChI=1S/C21H32O5Si3/c1-17(22)24-19-11-15-21(16-12-19)28(5,6)26-29(7,8)25-27(3,4)20-13-9-18(23-2)10-14-20/h9-16H,1-8H3. The molecule has 5 nitrogen and oxygen atoms in total. The highest BCUT2D eigenvalue weighted by atomic mass is 28.5. The first-order valence-electron chi connectivity index (χ1n) is 9.68. The Morgan fingerprint density at radius 3 is 1.41 bits per heavy atom. The van der Waals surface area contributed by atoms with Crippen molar-refractivity contribution in [2.45, 2.75) is 46.2 Å². The Labute approximate surface area is 177 Å². The van der Waals surface area contributed by atoms with Gasteiger partial charge in [-0.2, -0.15) is 0 Å². The van der Waals surface area contributed by atoms with Crippen LogP contribution in [-0.4, -0.2) is 38.3 Å². The molecule has 0 saturated carbocycles. The maximum atomic E-state index is 11.1. The topological polar surface area (TPSA) is 54.0 Å². The third-order valence-electron chi connectivity index (χ3n) is 4.60. The molecule has 0 heterocycles. The minimum atomic E-state index is -2.39. The van der Waals surface area contributed by atoms with Crippen LogP contribution in [0, 0.1) is 0 Å². The van der Waals surface area contributed by atoms with Gasteiger partial charge in [-0.25, -0.2) is 0 Å². The molecule has 0 aromatic heterocycles. The Bertz CT molecular complexity index is 830. The van der Waals surface area contributed by atoms with E-state index in [9.17, 15) is 4.79 Å². The second-order valence-corrected chi connectivity index (χ2v) is 20.1. The van der Waals surface area contributed by atoms with Crippen LogP contribution in [0.5, 0.6) is 11.5 Å². The van der Waals surface area contributed by atoms with Crippen molar-refractivity contribution in [2.24, 2.45) is 0 Å². The van der Waals surface area contributed by atoms with E-state index in [1.807, 2.05) is 36.4 Å². The van der Waals surface area contributed by atoms with E-state index >= 15 is 0 Å². The summed E-state index contributed by atoms with van der Waals surface area (Å²) in [5.74, 6) is 1.07. The van der Waals surface area contributed by atoms with E-state index in [1.165, 1.54) is 12.1 Å². The van der Waals surface area contributed by atoms with Crippen LogP contribution in [0.2, 0.25) is 39.3 Å². The first-order valence-corrected chi connectivity index (χ1v) is 18.3. The van der Waals surface area contributed by atoms with Gasteiger partial charge in [-0.05, 0) is 73.9 Å². The monoisotopic (exact) mass is 448 g/mol. The van der Waals surface area contributed by atoms with Gasteiger partial charge in [-0.1, -0.05) is 24.3 Å². The van der Waals surface area contributed by atoms with Gasteiger partial charge in [-0.15, -0.1) is 0 Å². The molecule has 8 heteroatoms. The number of hydrogen-bond acceptors (Lipinski definition) is 5. The second kappa shape index (κ2) is 8.97. The van der Waals surface area contributed by atoms with E-state index in [0.717, 1.165) is 10.9 Å². The highest BCUT2D eigenvalue weighted by Gasteiger charge is 2.41. The Morgan fingerprint density at radius 2 is 1.07 bits per heavy atom. The maximum Gasteiger partial charge on any atom is 0.311 e. The van der Waals surface area contributed by atoms with Crippen LogP contribution in [0.1, 0.15) is 6.92 Å². The molecule has 0 spiro atoms. The molecule has 2 aromatic rings. The normalized spacial score (nSPS) is 12.6. The molecule has 0 aliphatic heterocycles. The number of benzene rings is 2. The Balaban J connectivity index is 2.13. The summed E-state index contributed by atoms with van der Waals surface area (Å²) in [6.07, 6.45) is 0. The summed E-state index contributed by atoms with van der Waals surface area (Å²) in [4.78, 5) is 11.1. The second-order valence-electron chi connectivity index (χ2n) is 8.47. The van der Waals surface area contributed by atoms with Crippen LogP contribution >= 0.6 is 0 Å². The average Bonchev–Trinajstić information content (AvgIpc) is 2.59. The lowest BCUT2D eigenvalue weighted by molar-refractivity contribution is -0.131. The van der Waals surface area contributed by atoms with Gasteiger partial charge in [0.15, 0.2) is 0 Å². The van der Waals surface area contributed by atoms with Crippen molar-refractivity contribution in [3.05, 3.63) is 48.5 Å². The number of rotatable bonds is 8. The van der Waals surface area contributed by atoms with E-state index in [2.05, 4.69) is 51.4 Å². The first-order chi connectivity index (χ1) is 13.3. The number of esters is 1. The van der Waals surface area contributed by atoms with Crippen molar-refractivity contribution in [2.75, 3.05) is 7.11 Å². The lowest BCUT2D eigenvalue weighted by atomic mass is 10.3. The van der Waals surface area contributed by atoms with Crippen LogP contribution in [0.4, 0.5) is 0 Å². The van der Waals surface area contributed by atoms with Gasteiger partial charge in [0.25, 0.3) is 0 Å². The van der Waals surface area contributed by atoms with Crippen molar-refractivity contribution >= 4 is 41.5 Å². The Hall–Kier alpha value is -1.72. The molecular weight excluding hydrogens is 416 g/mol. The fourth-order valence-corrected chi connectivity index (χ4v) is 16.7. The fraction of sp³-hybridized carbons (Fsp3) is 0.381. The van der Waals surface area contributed by atoms with Gasteiger partial charge < -0.3 is 17.7 Å². The quantitative estimate of drug-likeness (QED) is 0.348. The van der Waals surface area contributed by atoms with Crippen LogP contribution in [0.3, 0.4) is 0 Å². The molecule has 0 radical (unpaired) electrons. The van der Waals surface area contributed by atoms with Crippen molar-refractivity contribution in [3.8, 4) is 11.5 Å². The van der Waals surface area contributed by atoms with E-state index in [1.54, 1.807) is 7.11 Å². The van der Waals surface area contributed by atoms with Crippen molar-refractivity contribution in [1.82, 2.24) is 0 Å². The zero-order valence-electron chi connectivity index (χ0n) is 18.7. The average molecular weight is 449 g/mol. The predicted molar refractivity (Wildman–Crippen MR) is 125 cm³/mol. The van der Waals surface area contributed by atoms with Crippen LogP contribution in [0.15, 0.2) is 48.5 Å². The molecule has 0 aliphatic rings. The maximum absolute atomic E-state index is 11.1. The number of carbonyl (C=O) groups is 1. The number of carbonyl (C=O) groups excluding carboxylic acids is 1. The van der Waals surface area contributed by atoms with Gasteiger partial charge in [0.2, 0.25) is 16.6 Å². The minimum Gasteiger partial charge on any atom is -0.497 e. The molecule has 0 amide bonds. The van der Waals surface area contributed by atoms with Crippen molar-refractivity contribution in [3.63, 3.8) is 0 Å². The van der Waals surface area contributed by atoms with Gasteiger partial charge in [-0.3, -0.25) is 4.79 Å². The van der Waals surface area contributed by atoms with Crippen LogP contribution < -0.4 is 19.8 Å². The third kappa shape index (κ3) is 6.65. The molecule has 2 rings (SSSR count). The predicted octanol–water partition coefficient (Wildman–Crippen LogP) is 3.88. The van der Waals surface area contributed by atoms with Crippen molar-refractivity contribution < 1.29 is 22.5 Å². The zero-order valence-corrected chi connectivity index (χ0v) is 21.7. The minimum absolute atomic E-state index is 0.321. The smallest absolute Gasteiger partial charge is 0.311 e. The number of methoxy groups -OCH3 is 1. The van der Waals surface area contributed by atoms with Gasteiger partial charge >= 0.3 is 14.5 Å².